The lowest BCUT2D eigenvalue weighted by Gasteiger charge is -2.14. The first kappa shape index (κ1) is 18.6. The number of aliphatic hydroxyl groups excluding tert-OH is 1. The predicted molar refractivity (Wildman–Crippen MR) is 105 cm³/mol. The molecule has 7 nitrogen and oxygen atoms in total. The van der Waals surface area contributed by atoms with E-state index in [0.717, 1.165) is 0 Å². The summed E-state index contributed by atoms with van der Waals surface area (Å²) >= 11 is 5.27. The van der Waals surface area contributed by atoms with Gasteiger partial charge in [0.15, 0.2) is 5.69 Å². The molecule has 25 heavy (non-hydrogen) atoms. The minimum Gasteiger partial charge on any atom is -0.382 e. The fourth-order valence-corrected chi connectivity index (χ4v) is 4.39. The number of nitrogens with zero attached hydrogens (tertiary/aromatic N) is 4. The first-order valence-corrected chi connectivity index (χ1v) is 11.7. The normalized spacial score (nSPS) is 13.0. The number of rotatable bonds is 4. The molecule has 0 aliphatic rings. The van der Waals surface area contributed by atoms with Crippen molar-refractivity contribution in [2.24, 2.45) is 0 Å². The molecule has 0 aliphatic heterocycles. The van der Waals surface area contributed by atoms with Crippen molar-refractivity contribution in [1.29, 1.82) is 0 Å². The minimum atomic E-state index is -1.38. The second kappa shape index (κ2) is 7.18. The van der Waals surface area contributed by atoms with Gasteiger partial charge in [0.05, 0.1) is 17.5 Å². The Hall–Kier alpha value is -1.23. The lowest BCUT2D eigenvalue weighted by molar-refractivity contribution is -0.387. The van der Waals surface area contributed by atoms with E-state index in [9.17, 15) is 19.6 Å². The third kappa shape index (κ3) is 3.16. The van der Waals surface area contributed by atoms with Crippen LogP contribution in [0.1, 0.15) is 22.9 Å². The van der Waals surface area contributed by atoms with Gasteiger partial charge >= 0.3 is 0 Å². The maximum Gasteiger partial charge on any atom is 0.297 e. The zero-order valence-corrected chi connectivity index (χ0v) is 17.3. The van der Waals surface area contributed by atoms with Gasteiger partial charge < -0.3 is 5.11 Å². The minimum absolute atomic E-state index is 0.0942. The Morgan fingerprint density at radius 1 is 1.48 bits per heavy atom. The molecule has 0 bridgehead atoms. The second-order valence-corrected chi connectivity index (χ2v) is 8.06. The molecule has 1 aromatic carbocycles. The summed E-state index contributed by atoms with van der Waals surface area (Å²) in [7, 11) is 0. The molecule has 2 atom stereocenters. The molecule has 2 heterocycles. The van der Waals surface area contributed by atoms with Gasteiger partial charge in [0.1, 0.15) is 17.4 Å². The van der Waals surface area contributed by atoms with Crippen molar-refractivity contribution in [3.8, 4) is 0 Å². The highest BCUT2D eigenvalue weighted by molar-refractivity contribution is 14.2. The number of aromatic nitrogens is 3. The number of halogens is 3. The molecule has 1 N–H and O–H groups in total. The fraction of sp³-hybridized carbons (Fsp3) is 0.143. The molecular weight excluding hydrogens is 529 g/mol. The first-order chi connectivity index (χ1) is 11.9. The second-order valence-electron chi connectivity index (χ2n) is 5.16. The number of hydrogen-bond donors (Lipinski definition) is 1. The van der Waals surface area contributed by atoms with Crippen LogP contribution in [-0.4, -0.2) is 24.6 Å². The summed E-state index contributed by atoms with van der Waals surface area (Å²) in [5.41, 5.74) is 0.554. The molecule has 0 radical (unpaired) electrons. The fourth-order valence-electron chi connectivity index (χ4n) is 2.59. The molecule has 2 aromatic heterocycles. The van der Waals surface area contributed by atoms with Crippen LogP contribution >= 0.6 is 44.3 Å². The van der Waals surface area contributed by atoms with E-state index in [4.69, 9.17) is 0 Å². The van der Waals surface area contributed by atoms with E-state index in [1.54, 1.807) is 6.92 Å². The Balaban J connectivity index is 2.24. The highest BCUT2D eigenvalue weighted by atomic mass is 127. The van der Waals surface area contributed by atoms with Crippen LogP contribution in [-0.2, 0) is 0 Å². The van der Waals surface area contributed by atoms with E-state index in [1.165, 1.54) is 29.0 Å². The summed E-state index contributed by atoms with van der Waals surface area (Å²) in [6, 6.07) is 2.61. The third-order valence-corrected chi connectivity index (χ3v) is 6.47. The van der Waals surface area contributed by atoms with Crippen LogP contribution in [0.25, 0.3) is 10.9 Å². The van der Waals surface area contributed by atoms with Gasteiger partial charge in [-0.1, -0.05) is 6.07 Å². The summed E-state index contributed by atoms with van der Waals surface area (Å²) in [4.78, 5) is 14.9. The highest BCUT2D eigenvalue weighted by Crippen LogP contribution is 2.38. The monoisotopic (exact) mass is 538 g/mol. The lowest BCUT2D eigenvalue weighted by Crippen LogP contribution is -2.09. The van der Waals surface area contributed by atoms with Crippen LogP contribution in [0.4, 0.5) is 10.1 Å². The van der Waals surface area contributed by atoms with E-state index in [0.29, 0.717) is 21.0 Å². The van der Waals surface area contributed by atoms with Crippen molar-refractivity contribution >= 4 is 60.9 Å². The zero-order chi connectivity index (χ0) is 18.3. The molecule has 11 heteroatoms. The van der Waals surface area contributed by atoms with E-state index in [-0.39, 0.29) is 23.3 Å². The van der Waals surface area contributed by atoms with Crippen molar-refractivity contribution in [2.75, 3.05) is 0 Å². The Morgan fingerprint density at radius 3 is 2.84 bits per heavy atom. The van der Waals surface area contributed by atoms with Crippen LogP contribution in [0.2, 0.25) is 0 Å². The van der Waals surface area contributed by atoms with Gasteiger partial charge in [-0.25, -0.2) is 13.8 Å². The zero-order valence-electron chi connectivity index (χ0n) is 12.6. The van der Waals surface area contributed by atoms with Crippen molar-refractivity contribution in [3.63, 3.8) is 0 Å². The van der Waals surface area contributed by atoms with Gasteiger partial charge in [0.2, 0.25) is 0 Å². The van der Waals surface area contributed by atoms with Gasteiger partial charge in [-0.3, -0.25) is 10.1 Å². The Bertz CT molecular complexity index is 1000. The standard InChI is InChI=1S/C14H10BrFIN4O3P/c1-6-9(15)5-18-11(12(6)21(23)24)14(22)7-2-3-10(16)13-8(7)4-19-20(13)25-17/h2-5,14,22,25H,1H3. The van der Waals surface area contributed by atoms with Crippen LogP contribution in [0.15, 0.2) is 29.0 Å². The Morgan fingerprint density at radius 2 is 2.20 bits per heavy atom. The molecule has 0 aliphatic carbocycles. The van der Waals surface area contributed by atoms with Crippen LogP contribution in [0.5, 0.6) is 0 Å². The van der Waals surface area contributed by atoms with E-state index in [2.05, 4.69) is 48.1 Å². The van der Waals surface area contributed by atoms with Gasteiger partial charge in [-0.15, -0.1) is 0 Å². The maximum absolute atomic E-state index is 14.2. The van der Waals surface area contributed by atoms with E-state index >= 15 is 0 Å². The van der Waals surface area contributed by atoms with Crippen LogP contribution < -0.4 is 0 Å². The van der Waals surface area contributed by atoms with E-state index < -0.39 is 16.8 Å². The smallest absolute Gasteiger partial charge is 0.297 e. The number of pyridine rings is 1. The van der Waals surface area contributed by atoms with Crippen molar-refractivity contribution in [1.82, 2.24) is 14.5 Å². The number of hydrogen-bond acceptors (Lipinski definition) is 5. The van der Waals surface area contributed by atoms with Gasteiger partial charge in [-0.2, -0.15) is 5.10 Å². The summed E-state index contributed by atoms with van der Waals surface area (Å²) in [6.07, 6.45) is 1.64. The number of nitro groups is 1. The van der Waals surface area contributed by atoms with Crippen LogP contribution in [0.3, 0.4) is 0 Å². The van der Waals surface area contributed by atoms with Gasteiger partial charge in [0.25, 0.3) is 5.69 Å². The number of aliphatic hydroxyl groups is 1. The molecule has 130 valence electrons. The topological polar surface area (TPSA) is 94.1 Å². The van der Waals surface area contributed by atoms with Gasteiger partial charge in [-0.05, 0) is 56.5 Å². The molecule has 3 rings (SSSR count). The molecule has 0 amide bonds. The van der Waals surface area contributed by atoms with Crippen molar-refractivity contribution in [2.45, 2.75) is 13.0 Å². The lowest BCUT2D eigenvalue weighted by atomic mass is 10.00. The molecule has 2 unspecified atom stereocenters. The number of benzene rings is 1. The SMILES string of the molecule is Cc1c(Br)cnc(C(O)c2ccc(F)c3c2cnn3PI)c1[N+](=O)[O-]. The summed E-state index contributed by atoms with van der Waals surface area (Å²) in [6.45, 7) is 1.57. The molecule has 0 spiro atoms. The molecular formula is C14H10BrFIN4O3P. The molecule has 3 aromatic rings. The largest absolute Gasteiger partial charge is 0.382 e. The molecule has 0 fully saturated rings. The maximum atomic E-state index is 14.2. The Kier molecular flexibility index (Phi) is 5.33. The average molecular weight is 539 g/mol. The average Bonchev–Trinajstić information content (AvgIpc) is 3.01. The van der Waals surface area contributed by atoms with Crippen LogP contribution in [0, 0.1) is 22.9 Å². The third-order valence-electron chi connectivity index (χ3n) is 3.80. The van der Waals surface area contributed by atoms with Crippen molar-refractivity contribution < 1.29 is 14.4 Å². The predicted octanol–water partition coefficient (Wildman–Crippen LogP) is 4.42. The van der Waals surface area contributed by atoms with Gasteiger partial charge in [0, 0.05) is 21.6 Å². The first-order valence-electron chi connectivity index (χ1n) is 6.87. The summed E-state index contributed by atoms with van der Waals surface area (Å²) in [5.74, 6) is -0.470. The van der Waals surface area contributed by atoms with E-state index in [1.807, 2.05) is 0 Å². The number of fused-ring (bicyclic) bond motifs is 1. The molecule has 0 saturated heterocycles. The quantitative estimate of drug-likeness (QED) is 0.230. The summed E-state index contributed by atoms with van der Waals surface area (Å²) < 4.78 is 16.1. The Labute approximate surface area is 164 Å². The highest BCUT2D eigenvalue weighted by Gasteiger charge is 2.29. The summed E-state index contributed by atoms with van der Waals surface area (Å²) in [5, 5.41) is 26.7. The molecule has 0 saturated carbocycles. The van der Waals surface area contributed by atoms with Crippen molar-refractivity contribution in [3.05, 3.63) is 61.8 Å².